The van der Waals surface area contributed by atoms with Crippen LogP contribution in [-0.2, 0) is 13.1 Å². The lowest BCUT2D eigenvalue weighted by atomic mass is 10.0. The maximum atomic E-state index is 13.1. The molecule has 0 bridgehead atoms. The van der Waals surface area contributed by atoms with Crippen LogP contribution < -0.4 is 5.32 Å². The molecule has 2 N–H and O–H groups in total. The van der Waals surface area contributed by atoms with Crippen LogP contribution in [0.3, 0.4) is 0 Å². The molecule has 1 amide bonds. The number of hydrogen-bond donors (Lipinski definition) is 2. The molecule has 7 heteroatoms. The smallest absolute Gasteiger partial charge is 0.276 e. The van der Waals surface area contributed by atoms with E-state index in [4.69, 9.17) is 0 Å². The monoisotopic (exact) mass is 468 g/mol. The second kappa shape index (κ2) is 10.4. The summed E-state index contributed by atoms with van der Waals surface area (Å²) in [7, 11) is 4.07. The quantitative estimate of drug-likeness (QED) is 0.402. The average Bonchev–Trinajstić information content (AvgIpc) is 3.29. The molecule has 5 rings (SSSR count). The molecule has 1 fully saturated rings. The number of aromatic amines is 1. The molecule has 4 aromatic rings. The predicted octanol–water partition coefficient (Wildman–Crippen LogP) is 4.92. The van der Waals surface area contributed by atoms with E-state index in [1.807, 2.05) is 69.0 Å². The van der Waals surface area contributed by atoms with E-state index in [1.54, 1.807) is 0 Å². The number of likely N-dealkylation sites (tertiary alicyclic amines) is 1. The maximum absolute atomic E-state index is 13.1. The van der Waals surface area contributed by atoms with Crippen molar-refractivity contribution in [2.24, 2.45) is 0 Å². The number of rotatable bonds is 7. The first-order chi connectivity index (χ1) is 17.0. The fraction of sp³-hybridized carbons (Fsp3) is 0.321. The number of amides is 1. The van der Waals surface area contributed by atoms with Crippen LogP contribution in [0.5, 0.6) is 0 Å². The van der Waals surface area contributed by atoms with Gasteiger partial charge in [-0.15, -0.1) is 0 Å². The summed E-state index contributed by atoms with van der Waals surface area (Å²) in [5, 5.41) is 11.1. The third kappa shape index (κ3) is 5.58. The van der Waals surface area contributed by atoms with Crippen molar-refractivity contribution in [1.29, 1.82) is 0 Å². The van der Waals surface area contributed by atoms with Crippen molar-refractivity contribution in [3.8, 4) is 11.1 Å². The first kappa shape index (κ1) is 23.2. The number of fused-ring (bicyclic) bond motifs is 1. The number of pyridine rings is 1. The van der Waals surface area contributed by atoms with Gasteiger partial charge in [0.25, 0.3) is 5.91 Å². The van der Waals surface area contributed by atoms with Crippen LogP contribution in [0.2, 0.25) is 0 Å². The van der Waals surface area contributed by atoms with Crippen molar-refractivity contribution in [2.45, 2.75) is 32.4 Å². The summed E-state index contributed by atoms with van der Waals surface area (Å²) < 4.78 is 0. The summed E-state index contributed by atoms with van der Waals surface area (Å²) >= 11 is 0. The SMILES string of the molecule is CN(C)Cc1ccc(NC(=O)c2n[nH]c3ccc(-c4cncc(CN5CCCCC5)c4)cc23)cc1. The zero-order valence-corrected chi connectivity index (χ0v) is 20.4. The molecular weight excluding hydrogens is 436 g/mol. The highest BCUT2D eigenvalue weighted by Crippen LogP contribution is 2.27. The molecule has 2 aromatic heterocycles. The number of nitrogens with zero attached hydrogens (tertiary/aromatic N) is 4. The Kier molecular flexibility index (Phi) is 6.88. The van der Waals surface area contributed by atoms with Gasteiger partial charge in [0, 0.05) is 42.1 Å². The van der Waals surface area contributed by atoms with Gasteiger partial charge >= 0.3 is 0 Å². The summed E-state index contributed by atoms with van der Waals surface area (Å²) in [4.78, 5) is 22.2. The first-order valence-electron chi connectivity index (χ1n) is 12.2. The lowest BCUT2D eigenvalue weighted by molar-refractivity contribution is 0.102. The second-order valence-corrected chi connectivity index (χ2v) is 9.64. The molecule has 0 atom stereocenters. The van der Waals surface area contributed by atoms with Gasteiger partial charge in [-0.05, 0) is 87.0 Å². The van der Waals surface area contributed by atoms with E-state index in [0.717, 1.165) is 53.9 Å². The topological polar surface area (TPSA) is 77.1 Å². The average molecular weight is 469 g/mol. The molecule has 0 saturated carbocycles. The fourth-order valence-corrected chi connectivity index (χ4v) is 4.72. The minimum atomic E-state index is -0.231. The molecule has 1 saturated heterocycles. The van der Waals surface area contributed by atoms with Gasteiger partial charge in [-0.3, -0.25) is 19.8 Å². The van der Waals surface area contributed by atoms with Gasteiger partial charge in [-0.1, -0.05) is 24.6 Å². The maximum Gasteiger partial charge on any atom is 0.276 e. The van der Waals surface area contributed by atoms with Crippen LogP contribution in [0.4, 0.5) is 5.69 Å². The van der Waals surface area contributed by atoms with Crippen molar-refractivity contribution in [3.63, 3.8) is 0 Å². The molecule has 0 unspecified atom stereocenters. The Hall–Kier alpha value is -3.55. The molecule has 35 heavy (non-hydrogen) atoms. The molecule has 0 aliphatic carbocycles. The summed E-state index contributed by atoms with van der Waals surface area (Å²) in [5.41, 5.74) is 6.44. The Bertz CT molecular complexity index is 1300. The van der Waals surface area contributed by atoms with Crippen molar-refractivity contribution < 1.29 is 4.79 Å². The molecule has 0 radical (unpaired) electrons. The van der Waals surface area contributed by atoms with Crippen molar-refractivity contribution in [3.05, 3.63) is 77.7 Å². The van der Waals surface area contributed by atoms with Crippen LogP contribution >= 0.6 is 0 Å². The van der Waals surface area contributed by atoms with Crippen molar-refractivity contribution in [2.75, 3.05) is 32.5 Å². The Labute approximate surface area is 206 Å². The van der Waals surface area contributed by atoms with E-state index in [-0.39, 0.29) is 5.91 Å². The first-order valence-corrected chi connectivity index (χ1v) is 12.2. The molecule has 7 nitrogen and oxygen atoms in total. The van der Waals surface area contributed by atoms with Gasteiger partial charge in [0.2, 0.25) is 0 Å². The van der Waals surface area contributed by atoms with Crippen LogP contribution in [0.25, 0.3) is 22.0 Å². The van der Waals surface area contributed by atoms with E-state index >= 15 is 0 Å². The van der Waals surface area contributed by atoms with Gasteiger partial charge in [-0.25, -0.2) is 0 Å². The lowest BCUT2D eigenvalue weighted by Crippen LogP contribution is -2.29. The van der Waals surface area contributed by atoms with E-state index in [1.165, 1.54) is 30.4 Å². The van der Waals surface area contributed by atoms with Gasteiger partial charge in [0.1, 0.15) is 0 Å². The summed E-state index contributed by atoms with van der Waals surface area (Å²) in [5.74, 6) is -0.231. The summed E-state index contributed by atoms with van der Waals surface area (Å²) in [6.07, 6.45) is 7.72. The van der Waals surface area contributed by atoms with Crippen LogP contribution in [0.15, 0.2) is 60.9 Å². The second-order valence-electron chi connectivity index (χ2n) is 9.64. The number of carbonyl (C=O) groups is 1. The zero-order valence-electron chi connectivity index (χ0n) is 20.4. The normalized spacial score (nSPS) is 14.5. The van der Waals surface area contributed by atoms with Crippen molar-refractivity contribution in [1.82, 2.24) is 25.0 Å². The van der Waals surface area contributed by atoms with E-state index < -0.39 is 0 Å². The van der Waals surface area contributed by atoms with Gasteiger partial charge in [0.05, 0.1) is 5.52 Å². The summed E-state index contributed by atoms with van der Waals surface area (Å²) in [6, 6.07) is 16.2. The highest BCUT2D eigenvalue weighted by molar-refractivity contribution is 6.11. The van der Waals surface area contributed by atoms with E-state index in [2.05, 4.69) is 36.4 Å². The Morgan fingerprint density at radius 3 is 2.54 bits per heavy atom. The molecule has 180 valence electrons. The molecule has 1 aliphatic rings. The van der Waals surface area contributed by atoms with Crippen LogP contribution in [0, 0.1) is 0 Å². The number of aromatic nitrogens is 3. The van der Waals surface area contributed by atoms with Gasteiger partial charge < -0.3 is 10.2 Å². The van der Waals surface area contributed by atoms with E-state index in [9.17, 15) is 4.79 Å². The van der Waals surface area contributed by atoms with Crippen LogP contribution in [0.1, 0.15) is 40.9 Å². The number of hydrogen-bond acceptors (Lipinski definition) is 5. The number of carbonyl (C=O) groups excluding carboxylic acids is 1. The zero-order chi connectivity index (χ0) is 24.2. The fourth-order valence-electron chi connectivity index (χ4n) is 4.72. The van der Waals surface area contributed by atoms with E-state index in [0.29, 0.717) is 5.69 Å². The highest BCUT2D eigenvalue weighted by Gasteiger charge is 2.16. The third-order valence-corrected chi connectivity index (χ3v) is 6.47. The number of anilines is 1. The van der Waals surface area contributed by atoms with Gasteiger partial charge in [-0.2, -0.15) is 5.10 Å². The molecular formula is C28H32N6O. The molecule has 1 aliphatic heterocycles. The predicted molar refractivity (Wildman–Crippen MR) is 140 cm³/mol. The summed E-state index contributed by atoms with van der Waals surface area (Å²) in [6.45, 7) is 4.09. The number of nitrogens with one attached hydrogen (secondary N) is 2. The van der Waals surface area contributed by atoms with Crippen molar-refractivity contribution >= 4 is 22.5 Å². The Morgan fingerprint density at radius 2 is 1.77 bits per heavy atom. The minimum Gasteiger partial charge on any atom is -0.321 e. The van der Waals surface area contributed by atoms with Gasteiger partial charge in [0.15, 0.2) is 5.69 Å². The Morgan fingerprint density at radius 1 is 0.971 bits per heavy atom. The minimum absolute atomic E-state index is 0.231. The highest BCUT2D eigenvalue weighted by atomic mass is 16.1. The lowest BCUT2D eigenvalue weighted by Gasteiger charge is -2.26. The van der Waals surface area contributed by atoms with Crippen LogP contribution in [-0.4, -0.2) is 58.1 Å². The largest absolute Gasteiger partial charge is 0.321 e. The molecule has 2 aromatic carbocycles. The molecule has 0 spiro atoms. The third-order valence-electron chi connectivity index (χ3n) is 6.47. The number of benzene rings is 2. The standard InChI is InChI=1S/C28H32N6O/c1-33(2)18-20-6-9-24(10-7-20)30-28(35)27-25-15-22(8-11-26(25)31-32-27)23-14-21(16-29-17-23)19-34-12-4-3-5-13-34/h6-11,14-17H,3-5,12-13,18-19H2,1-2H3,(H,30,35)(H,31,32). The molecule has 3 heterocycles. The Balaban J connectivity index is 1.35. The number of piperidine rings is 1. The number of H-pyrrole nitrogens is 1.